The van der Waals surface area contributed by atoms with Gasteiger partial charge in [-0.15, -0.1) is 0 Å². The van der Waals surface area contributed by atoms with Gasteiger partial charge in [0.25, 0.3) is 0 Å². The third kappa shape index (κ3) is 18.7. The van der Waals surface area contributed by atoms with E-state index < -0.39 is 103 Å². The summed E-state index contributed by atoms with van der Waals surface area (Å²) in [7, 11) is 0. The van der Waals surface area contributed by atoms with Crippen LogP contribution in [0.1, 0.15) is 73.6 Å². The van der Waals surface area contributed by atoms with Crippen LogP contribution in [0.2, 0.25) is 0 Å². The highest BCUT2D eigenvalue weighted by atomic mass is 32.2. The molecule has 0 aliphatic rings. The summed E-state index contributed by atoms with van der Waals surface area (Å²) >= 11 is 1.48. The van der Waals surface area contributed by atoms with Crippen molar-refractivity contribution in [1.82, 2.24) is 21.3 Å². The van der Waals surface area contributed by atoms with Crippen LogP contribution in [0.3, 0.4) is 0 Å². The van der Waals surface area contributed by atoms with Crippen molar-refractivity contribution >= 4 is 53.3 Å². The van der Waals surface area contributed by atoms with E-state index in [0.29, 0.717) is 18.6 Å². The molecule has 17 nitrogen and oxygen atoms in total. The molecule has 0 aliphatic heterocycles. The van der Waals surface area contributed by atoms with Gasteiger partial charge in [0.05, 0.1) is 18.9 Å². The number of rotatable bonds is 25. The number of carboxylic acid groups (broad SMARTS) is 2. The van der Waals surface area contributed by atoms with Crippen LogP contribution in [0.4, 0.5) is 0 Å². The molecule has 12 N–H and O–H groups in total. The molecule has 0 rings (SSSR count). The molecule has 0 spiro atoms. The van der Waals surface area contributed by atoms with Crippen LogP contribution in [0.25, 0.3) is 0 Å². The highest BCUT2D eigenvalue weighted by Crippen LogP contribution is 2.13. The minimum atomic E-state index is -1.50. The summed E-state index contributed by atoms with van der Waals surface area (Å²) in [5.41, 5.74) is 17.3. The van der Waals surface area contributed by atoms with Crippen LogP contribution in [0.5, 0.6) is 0 Å². The van der Waals surface area contributed by atoms with Crippen molar-refractivity contribution < 1.29 is 48.5 Å². The van der Waals surface area contributed by atoms with Crippen LogP contribution in [0, 0.1) is 17.8 Å². The van der Waals surface area contributed by atoms with Gasteiger partial charge in [0, 0.05) is 12.6 Å². The lowest BCUT2D eigenvalue weighted by Gasteiger charge is -2.30. The fourth-order valence-electron chi connectivity index (χ4n) is 4.73. The fourth-order valence-corrected chi connectivity index (χ4v) is 5.20. The molecule has 0 aromatic carbocycles. The maximum absolute atomic E-state index is 13.6. The van der Waals surface area contributed by atoms with Gasteiger partial charge in [-0.05, 0) is 49.0 Å². The van der Waals surface area contributed by atoms with Gasteiger partial charge in [-0.25, -0.2) is 0 Å². The molecule has 0 aromatic heterocycles. The number of ether oxygens (including phenoxy) is 1. The topological polar surface area (TPSA) is 295 Å². The first-order valence-electron chi connectivity index (χ1n) is 16.3. The number of esters is 1. The molecular formula is C31H57N7O10S. The number of amides is 4. The zero-order valence-electron chi connectivity index (χ0n) is 29.5. The Morgan fingerprint density at radius 3 is 1.73 bits per heavy atom. The Balaban J connectivity index is 6.01. The SMILES string of the molecule is CSCC[C@H](NC[C@H](OC(=O)[C@@H](N)CC(=O)O)[C@@H](N)CC(C)C)C(=O)N[C@H](C(=O)N[C@@H](CC(C)C)C(=O)N[C@@H](CC(=O)O)C(N)=O)C(C)C. The van der Waals surface area contributed by atoms with E-state index >= 15 is 0 Å². The molecule has 0 saturated heterocycles. The van der Waals surface area contributed by atoms with Crippen LogP contribution in [-0.2, 0) is 38.3 Å². The molecule has 0 aliphatic carbocycles. The van der Waals surface area contributed by atoms with E-state index in [0.717, 1.165) is 0 Å². The Labute approximate surface area is 292 Å². The largest absolute Gasteiger partial charge is 0.481 e. The predicted molar refractivity (Wildman–Crippen MR) is 184 cm³/mol. The standard InChI is InChI=1S/C31H57N7O10S/c1-15(2)10-18(32)23(48-31(47)19(33)12-24(39)40)14-35-20(8-9-49-7)28(44)38-26(17(5)6)30(46)37-22(11-16(3)4)29(45)36-21(27(34)43)13-25(41)42/h15-23,26,35H,8-14,32-33H2,1-7H3,(H2,34,43)(H,36,45)(H,37,46)(H,38,44)(H,39,40)(H,41,42)/t18-,19-,20-,21-,22-,23-,26-/m0/s1. The second kappa shape index (κ2) is 23.0. The summed E-state index contributed by atoms with van der Waals surface area (Å²) in [5.74, 6) is -6.52. The number of carbonyl (C=O) groups excluding carboxylic acids is 5. The molecule has 0 aromatic rings. The normalized spacial score (nSPS) is 15.8. The lowest BCUT2D eigenvalue weighted by atomic mass is 9.98. The van der Waals surface area contributed by atoms with E-state index in [4.69, 9.17) is 32.2 Å². The highest BCUT2D eigenvalue weighted by Gasteiger charge is 2.34. The molecule has 4 amide bonds. The number of carboxylic acids is 2. The Kier molecular flexibility index (Phi) is 21.4. The summed E-state index contributed by atoms with van der Waals surface area (Å²) < 4.78 is 5.51. The molecule has 7 atom stereocenters. The summed E-state index contributed by atoms with van der Waals surface area (Å²) in [6, 6.07) is -6.72. The predicted octanol–water partition coefficient (Wildman–Crippen LogP) is -1.10. The van der Waals surface area contributed by atoms with Gasteiger partial charge < -0.3 is 53.4 Å². The quantitative estimate of drug-likeness (QED) is 0.0507. The molecule has 0 radical (unpaired) electrons. The molecule has 0 heterocycles. The number of carbonyl (C=O) groups is 7. The summed E-state index contributed by atoms with van der Waals surface area (Å²) in [4.78, 5) is 86.7. The minimum absolute atomic E-state index is 0.0710. The van der Waals surface area contributed by atoms with E-state index in [1.54, 1.807) is 27.7 Å². The van der Waals surface area contributed by atoms with Crippen molar-refractivity contribution in [3.8, 4) is 0 Å². The second-order valence-corrected chi connectivity index (χ2v) is 14.2. The maximum atomic E-state index is 13.6. The van der Waals surface area contributed by atoms with Gasteiger partial charge in [0.15, 0.2) is 0 Å². The zero-order valence-corrected chi connectivity index (χ0v) is 30.3. The highest BCUT2D eigenvalue weighted by molar-refractivity contribution is 7.98. The molecule has 49 heavy (non-hydrogen) atoms. The van der Waals surface area contributed by atoms with E-state index in [2.05, 4.69) is 21.3 Å². The minimum Gasteiger partial charge on any atom is -0.481 e. The van der Waals surface area contributed by atoms with E-state index in [9.17, 15) is 33.6 Å². The first-order chi connectivity index (χ1) is 22.7. The molecule has 0 bridgehead atoms. The van der Waals surface area contributed by atoms with Crippen molar-refractivity contribution in [1.29, 1.82) is 0 Å². The van der Waals surface area contributed by atoms with Gasteiger partial charge in [0.1, 0.15) is 30.3 Å². The lowest BCUT2D eigenvalue weighted by Crippen LogP contribution is -2.60. The average Bonchev–Trinajstić information content (AvgIpc) is 2.96. The Bertz CT molecular complexity index is 1120. The molecule has 18 heteroatoms. The molecule has 0 unspecified atom stereocenters. The number of primary amides is 1. The molecule has 0 fully saturated rings. The molecule has 282 valence electrons. The molecule has 0 saturated carbocycles. The van der Waals surface area contributed by atoms with E-state index in [-0.39, 0.29) is 24.8 Å². The molecular weight excluding hydrogens is 662 g/mol. The third-order valence-electron chi connectivity index (χ3n) is 7.30. The van der Waals surface area contributed by atoms with Crippen molar-refractivity contribution in [2.75, 3.05) is 18.6 Å². The third-order valence-corrected chi connectivity index (χ3v) is 7.95. The van der Waals surface area contributed by atoms with Crippen molar-refractivity contribution in [3.63, 3.8) is 0 Å². The summed E-state index contributed by atoms with van der Waals surface area (Å²) in [6.45, 7) is 10.8. The van der Waals surface area contributed by atoms with Gasteiger partial charge in [-0.1, -0.05) is 41.5 Å². The summed E-state index contributed by atoms with van der Waals surface area (Å²) in [5, 5.41) is 28.8. The van der Waals surface area contributed by atoms with Gasteiger partial charge >= 0.3 is 17.9 Å². The van der Waals surface area contributed by atoms with Crippen LogP contribution in [-0.4, -0.2) is 113 Å². The van der Waals surface area contributed by atoms with Crippen LogP contribution >= 0.6 is 11.8 Å². The number of hydrogen-bond acceptors (Lipinski definition) is 12. The monoisotopic (exact) mass is 719 g/mol. The van der Waals surface area contributed by atoms with Crippen molar-refractivity contribution in [2.24, 2.45) is 35.0 Å². The maximum Gasteiger partial charge on any atom is 0.323 e. The summed E-state index contributed by atoms with van der Waals surface area (Å²) in [6.07, 6.45) is 0.426. The zero-order chi connectivity index (χ0) is 38.0. The number of aliphatic carboxylic acids is 2. The van der Waals surface area contributed by atoms with Gasteiger partial charge in [-0.3, -0.25) is 33.6 Å². The smallest absolute Gasteiger partial charge is 0.323 e. The Morgan fingerprint density at radius 1 is 0.735 bits per heavy atom. The Morgan fingerprint density at radius 2 is 1.27 bits per heavy atom. The van der Waals surface area contributed by atoms with Crippen molar-refractivity contribution in [3.05, 3.63) is 0 Å². The Hall–Kier alpha value is -3.48. The average molecular weight is 720 g/mol. The van der Waals surface area contributed by atoms with Crippen molar-refractivity contribution in [2.45, 2.75) is 116 Å². The number of nitrogens with two attached hydrogens (primary N) is 3. The lowest BCUT2D eigenvalue weighted by molar-refractivity contribution is -0.154. The van der Waals surface area contributed by atoms with Crippen LogP contribution in [0.15, 0.2) is 0 Å². The fraction of sp³-hybridized carbons (Fsp3) is 0.774. The first-order valence-corrected chi connectivity index (χ1v) is 17.7. The number of hydrogen-bond donors (Lipinski definition) is 9. The van der Waals surface area contributed by atoms with E-state index in [1.807, 2.05) is 20.1 Å². The number of nitrogens with one attached hydrogen (secondary N) is 4. The van der Waals surface area contributed by atoms with Gasteiger partial charge in [0.2, 0.25) is 23.6 Å². The number of thioether (sulfide) groups is 1. The second-order valence-electron chi connectivity index (χ2n) is 13.2. The van der Waals surface area contributed by atoms with Gasteiger partial charge in [-0.2, -0.15) is 11.8 Å². The van der Waals surface area contributed by atoms with Crippen LogP contribution < -0.4 is 38.5 Å². The van der Waals surface area contributed by atoms with E-state index in [1.165, 1.54) is 11.8 Å². The first kappa shape index (κ1) is 45.5.